The third-order valence-corrected chi connectivity index (χ3v) is 5.77. The Morgan fingerprint density at radius 1 is 1.00 bits per heavy atom. The van der Waals surface area contributed by atoms with Crippen molar-refractivity contribution in [3.8, 4) is 0 Å². The monoisotopic (exact) mass is 355 g/mol. The van der Waals surface area contributed by atoms with Crippen LogP contribution in [-0.2, 0) is 10.0 Å². The standard InChI is InChI=1S/C13H17NO2S.C3H8.2C2H6/c1-11-7-13(8-11)9-14(10-13)17(15,16)12-5-3-2-4-6-12;1-3-2;2*1-2/h2-6,11H,7-10H2,1H3;3H2,1-2H3;2*1-2H3. The molecule has 1 saturated heterocycles. The lowest BCUT2D eigenvalue weighted by Gasteiger charge is -2.57. The predicted molar refractivity (Wildman–Crippen MR) is 105 cm³/mol. The van der Waals surface area contributed by atoms with E-state index in [-0.39, 0.29) is 0 Å². The van der Waals surface area contributed by atoms with E-state index in [0.717, 1.165) is 5.92 Å². The maximum absolute atomic E-state index is 12.2. The van der Waals surface area contributed by atoms with E-state index in [4.69, 9.17) is 0 Å². The summed E-state index contributed by atoms with van der Waals surface area (Å²) in [7, 11) is -3.23. The summed E-state index contributed by atoms with van der Waals surface area (Å²) in [4.78, 5) is 0.419. The summed E-state index contributed by atoms with van der Waals surface area (Å²) in [5, 5.41) is 0. The van der Waals surface area contributed by atoms with Crippen molar-refractivity contribution in [1.29, 1.82) is 0 Å². The molecule has 1 aromatic rings. The Morgan fingerprint density at radius 2 is 1.42 bits per heavy atom. The molecule has 0 atom stereocenters. The molecular formula is C20H37NO2S. The topological polar surface area (TPSA) is 37.4 Å². The Labute approximate surface area is 150 Å². The van der Waals surface area contributed by atoms with Crippen LogP contribution in [0.15, 0.2) is 35.2 Å². The van der Waals surface area contributed by atoms with Crippen LogP contribution in [-0.4, -0.2) is 25.8 Å². The van der Waals surface area contributed by atoms with Gasteiger partial charge < -0.3 is 0 Å². The third-order valence-electron chi connectivity index (χ3n) is 3.97. The molecule has 1 aliphatic carbocycles. The maximum atomic E-state index is 12.2. The van der Waals surface area contributed by atoms with Crippen molar-refractivity contribution < 1.29 is 8.42 Å². The average molecular weight is 356 g/mol. The maximum Gasteiger partial charge on any atom is 0.243 e. The summed E-state index contributed by atoms with van der Waals surface area (Å²) < 4.78 is 26.1. The van der Waals surface area contributed by atoms with Crippen LogP contribution in [0.3, 0.4) is 0 Å². The van der Waals surface area contributed by atoms with Crippen molar-refractivity contribution in [2.45, 2.75) is 72.6 Å². The predicted octanol–water partition coefficient (Wildman–Crippen LogP) is 5.58. The number of nitrogens with zero attached hydrogens (tertiary/aromatic N) is 1. The van der Waals surface area contributed by atoms with Crippen molar-refractivity contribution in [3.63, 3.8) is 0 Å². The number of sulfonamides is 1. The van der Waals surface area contributed by atoms with Crippen molar-refractivity contribution in [1.82, 2.24) is 4.31 Å². The lowest BCUT2D eigenvalue weighted by Crippen LogP contribution is -2.63. The minimum absolute atomic E-state index is 0.321. The third kappa shape index (κ3) is 5.59. The van der Waals surface area contributed by atoms with Gasteiger partial charge in [0.05, 0.1) is 4.90 Å². The molecule has 0 radical (unpaired) electrons. The number of hydrogen-bond acceptors (Lipinski definition) is 2. The second kappa shape index (κ2) is 10.9. The van der Waals surface area contributed by atoms with Crippen LogP contribution in [0, 0.1) is 11.3 Å². The minimum atomic E-state index is -3.23. The summed E-state index contributed by atoms with van der Waals surface area (Å²) in [6, 6.07) is 8.72. The van der Waals surface area contributed by atoms with Crippen LogP contribution in [0.25, 0.3) is 0 Å². The molecular weight excluding hydrogens is 318 g/mol. The number of rotatable bonds is 2. The summed E-state index contributed by atoms with van der Waals surface area (Å²) in [6.45, 7) is 15.9. The molecule has 1 saturated carbocycles. The van der Waals surface area contributed by atoms with Gasteiger partial charge in [0, 0.05) is 13.1 Å². The zero-order valence-corrected chi connectivity index (χ0v) is 17.5. The smallest absolute Gasteiger partial charge is 0.207 e. The Balaban J connectivity index is 0.000000667. The minimum Gasteiger partial charge on any atom is -0.207 e. The van der Waals surface area contributed by atoms with Crippen LogP contribution in [0.2, 0.25) is 0 Å². The number of benzene rings is 1. The fraction of sp³-hybridized carbons (Fsp3) is 0.700. The Hall–Kier alpha value is -0.870. The summed E-state index contributed by atoms with van der Waals surface area (Å²) >= 11 is 0. The molecule has 0 N–H and O–H groups in total. The fourth-order valence-corrected chi connectivity index (χ4v) is 4.98. The largest absolute Gasteiger partial charge is 0.243 e. The van der Waals surface area contributed by atoms with Gasteiger partial charge in [0.25, 0.3) is 0 Å². The first-order chi connectivity index (χ1) is 11.4. The molecule has 0 amide bonds. The molecule has 3 nitrogen and oxygen atoms in total. The second-order valence-corrected chi connectivity index (χ2v) is 8.24. The van der Waals surface area contributed by atoms with Crippen LogP contribution < -0.4 is 0 Å². The van der Waals surface area contributed by atoms with Crippen molar-refractivity contribution in [3.05, 3.63) is 30.3 Å². The Kier molecular flexibility index (Phi) is 10.5. The van der Waals surface area contributed by atoms with Gasteiger partial charge in [-0.15, -0.1) is 0 Å². The molecule has 1 aliphatic heterocycles. The van der Waals surface area contributed by atoms with Gasteiger partial charge in [-0.05, 0) is 36.3 Å². The molecule has 140 valence electrons. The van der Waals surface area contributed by atoms with E-state index in [1.54, 1.807) is 28.6 Å². The Morgan fingerprint density at radius 3 is 1.79 bits per heavy atom. The van der Waals surface area contributed by atoms with E-state index in [0.29, 0.717) is 23.4 Å². The van der Waals surface area contributed by atoms with Gasteiger partial charge in [-0.3, -0.25) is 0 Å². The van der Waals surface area contributed by atoms with Crippen LogP contribution in [0.5, 0.6) is 0 Å². The molecule has 24 heavy (non-hydrogen) atoms. The summed E-state index contributed by atoms with van der Waals surface area (Å²) in [5.41, 5.74) is 0.321. The molecule has 2 aliphatic rings. The van der Waals surface area contributed by atoms with Crippen LogP contribution >= 0.6 is 0 Å². The van der Waals surface area contributed by atoms with Gasteiger partial charge in [-0.1, -0.05) is 73.1 Å². The van der Waals surface area contributed by atoms with E-state index in [1.165, 1.54) is 19.3 Å². The normalized spacial score (nSPS) is 18.5. The summed E-state index contributed by atoms with van der Waals surface area (Å²) in [6.07, 6.45) is 3.63. The van der Waals surface area contributed by atoms with Gasteiger partial charge >= 0.3 is 0 Å². The molecule has 0 bridgehead atoms. The lowest BCUT2D eigenvalue weighted by molar-refractivity contribution is -0.0459. The first-order valence-corrected chi connectivity index (χ1v) is 10.9. The highest BCUT2D eigenvalue weighted by molar-refractivity contribution is 7.89. The van der Waals surface area contributed by atoms with Crippen LogP contribution in [0.4, 0.5) is 0 Å². The van der Waals surface area contributed by atoms with Gasteiger partial charge in [0.15, 0.2) is 0 Å². The molecule has 1 aromatic carbocycles. The van der Waals surface area contributed by atoms with E-state index in [2.05, 4.69) is 20.8 Å². The Bertz CT molecular complexity index is 526. The fourth-order valence-electron chi connectivity index (χ4n) is 3.29. The van der Waals surface area contributed by atoms with E-state index >= 15 is 0 Å². The SMILES string of the molecule is CC.CC.CC1CC2(C1)CN(S(=O)(=O)c1ccccc1)C2.CCC. The van der Waals surface area contributed by atoms with Crippen molar-refractivity contribution in [2.75, 3.05) is 13.1 Å². The highest BCUT2D eigenvalue weighted by atomic mass is 32.2. The van der Waals surface area contributed by atoms with Gasteiger partial charge in [-0.2, -0.15) is 4.31 Å². The highest BCUT2D eigenvalue weighted by Crippen LogP contribution is 2.52. The van der Waals surface area contributed by atoms with Crippen molar-refractivity contribution >= 4 is 10.0 Å². The van der Waals surface area contributed by atoms with E-state index < -0.39 is 10.0 Å². The zero-order valence-electron chi connectivity index (χ0n) is 16.7. The molecule has 1 spiro atoms. The quantitative estimate of drug-likeness (QED) is 0.695. The average Bonchev–Trinajstić information content (AvgIpc) is 2.55. The first-order valence-electron chi connectivity index (χ1n) is 9.49. The zero-order chi connectivity index (χ0) is 18.8. The van der Waals surface area contributed by atoms with Gasteiger partial charge in [0.2, 0.25) is 10.0 Å². The van der Waals surface area contributed by atoms with E-state index in [1.807, 2.05) is 33.8 Å². The van der Waals surface area contributed by atoms with Crippen molar-refractivity contribution in [2.24, 2.45) is 11.3 Å². The molecule has 4 heteroatoms. The summed E-state index contributed by atoms with van der Waals surface area (Å²) in [5.74, 6) is 0.775. The molecule has 0 unspecified atom stereocenters. The van der Waals surface area contributed by atoms with E-state index in [9.17, 15) is 8.42 Å². The van der Waals surface area contributed by atoms with Crippen LogP contribution in [0.1, 0.15) is 67.7 Å². The molecule has 0 aromatic heterocycles. The second-order valence-electron chi connectivity index (χ2n) is 6.31. The van der Waals surface area contributed by atoms with Gasteiger partial charge in [0.1, 0.15) is 0 Å². The molecule has 3 rings (SSSR count). The molecule has 1 heterocycles. The molecule has 2 fully saturated rings. The number of hydrogen-bond donors (Lipinski definition) is 0. The highest BCUT2D eigenvalue weighted by Gasteiger charge is 2.54. The lowest BCUT2D eigenvalue weighted by atomic mass is 9.59. The van der Waals surface area contributed by atoms with Gasteiger partial charge in [-0.25, -0.2) is 8.42 Å². The first kappa shape index (κ1) is 23.1.